The van der Waals surface area contributed by atoms with Crippen LogP contribution in [0, 0.1) is 5.82 Å². The lowest BCUT2D eigenvalue weighted by molar-refractivity contribution is -0.116. The minimum absolute atomic E-state index is 0.0441. The van der Waals surface area contributed by atoms with E-state index in [2.05, 4.69) is 15.5 Å². The van der Waals surface area contributed by atoms with Gasteiger partial charge in [0.05, 0.1) is 17.0 Å². The average molecular weight is 372 g/mol. The molecule has 1 heterocycles. The van der Waals surface area contributed by atoms with Gasteiger partial charge in [-0.1, -0.05) is 23.9 Å². The fourth-order valence-corrected chi connectivity index (χ4v) is 2.95. The van der Waals surface area contributed by atoms with Gasteiger partial charge >= 0.3 is 5.97 Å². The Labute approximate surface area is 151 Å². The van der Waals surface area contributed by atoms with E-state index in [1.165, 1.54) is 40.7 Å². The molecule has 0 aliphatic heterocycles. The molecule has 0 bridgehead atoms. The number of tetrazole rings is 1. The summed E-state index contributed by atoms with van der Waals surface area (Å²) in [6.45, 7) is 0. The first-order valence-electron chi connectivity index (χ1n) is 7.54. The minimum Gasteiger partial charge on any atom is -0.478 e. The molecule has 0 unspecified atom stereocenters. The normalized spacial score (nSPS) is 10.7. The van der Waals surface area contributed by atoms with E-state index in [9.17, 15) is 14.0 Å². The Morgan fingerprint density at radius 1 is 1.08 bits per heavy atom. The largest absolute Gasteiger partial charge is 0.478 e. The number of carboxylic acids is 1. The summed E-state index contributed by atoms with van der Waals surface area (Å²) in [5.41, 5.74) is 1.49. The van der Waals surface area contributed by atoms with Crippen molar-refractivity contribution in [3.05, 3.63) is 65.5 Å². The number of hydrogen-bond donors (Lipinski definition) is 1. The first-order chi connectivity index (χ1) is 12.5. The second-order valence-corrected chi connectivity index (χ2v) is 6.30. The molecule has 0 spiro atoms. The maximum atomic E-state index is 12.9. The van der Waals surface area contributed by atoms with Crippen LogP contribution in [0.4, 0.5) is 4.39 Å². The molecule has 0 aliphatic carbocycles. The summed E-state index contributed by atoms with van der Waals surface area (Å²) in [6.07, 6.45) is 0.197. The number of carbonyl (C=O) groups is 2. The van der Waals surface area contributed by atoms with Gasteiger partial charge in [0.2, 0.25) is 5.16 Å². The van der Waals surface area contributed by atoms with Crippen LogP contribution in [0.5, 0.6) is 0 Å². The molecule has 9 heteroatoms. The number of nitrogens with zero attached hydrogens (tertiary/aromatic N) is 4. The number of hydrogen-bond acceptors (Lipinski definition) is 6. The third kappa shape index (κ3) is 4.31. The van der Waals surface area contributed by atoms with E-state index in [0.29, 0.717) is 10.8 Å². The van der Waals surface area contributed by atoms with Crippen molar-refractivity contribution in [3.8, 4) is 5.69 Å². The molecule has 0 atom stereocenters. The third-order valence-electron chi connectivity index (χ3n) is 3.48. The number of benzene rings is 2. The van der Waals surface area contributed by atoms with Crippen molar-refractivity contribution in [2.45, 2.75) is 11.6 Å². The zero-order valence-corrected chi connectivity index (χ0v) is 14.2. The van der Waals surface area contributed by atoms with Crippen LogP contribution in [-0.4, -0.2) is 42.8 Å². The molecule has 1 N–H and O–H groups in total. The highest BCUT2D eigenvalue weighted by molar-refractivity contribution is 7.99. The van der Waals surface area contributed by atoms with E-state index in [4.69, 9.17) is 5.11 Å². The molecule has 0 saturated heterocycles. The number of aromatic nitrogens is 4. The number of ketones is 1. The van der Waals surface area contributed by atoms with Crippen LogP contribution in [0.3, 0.4) is 0 Å². The summed E-state index contributed by atoms with van der Waals surface area (Å²) in [4.78, 5) is 23.0. The summed E-state index contributed by atoms with van der Waals surface area (Å²) < 4.78 is 14.3. The lowest BCUT2D eigenvalue weighted by Crippen LogP contribution is -2.07. The molecular formula is C17H13FN4O3S. The molecular weight excluding hydrogens is 359 g/mol. The molecule has 0 radical (unpaired) electrons. The maximum Gasteiger partial charge on any atom is 0.335 e. The van der Waals surface area contributed by atoms with Gasteiger partial charge in [-0.25, -0.2) is 9.18 Å². The second kappa shape index (κ2) is 7.87. The zero-order valence-electron chi connectivity index (χ0n) is 13.4. The standard InChI is InChI=1S/C17H13FN4O3S/c18-13-5-1-11(2-6-13)9-15(23)10-26-17-19-20-21-22(17)14-7-3-12(4-8-14)16(24)25/h1-8H,9-10H2,(H,24,25). The van der Waals surface area contributed by atoms with Crippen LogP contribution < -0.4 is 0 Å². The van der Waals surface area contributed by atoms with Gasteiger partial charge in [0.1, 0.15) is 11.6 Å². The Kier molecular flexibility index (Phi) is 5.37. The van der Waals surface area contributed by atoms with Crippen LogP contribution >= 0.6 is 11.8 Å². The third-order valence-corrected chi connectivity index (χ3v) is 4.46. The number of rotatable bonds is 7. The summed E-state index contributed by atoms with van der Waals surface area (Å²) in [7, 11) is 0. The van der Waals surface area contributed by atoms with Crippen molar-refractivity contribution in [1.82, 2.24) is 20.2 Å². The lowest BCUT2D eigenvalue weighted by Gasteiger charge is -2.05. The summed E-state index contributed by atoms with van der Waals surface area (Å²) in [5.74, 6) is -1.25. The van der Waals surface area contributed by atoms with Crippen molar-refractivity contribution in [3.63, 3.8) is 0 Å². The predicted molar refractivity (Wildman–Crippen MR) is 91.9 cm³/mol. The van der Waals surface area contributed by atoms with Crippen LogP contribution in [0.15, 0.2) is 53.7 Å². The van der Waals surface area contributed by atoms with E-state index in [-0.39, 0.29) is 29.3 Å². The van der Waals surface area contributed by atoms with E-state index in [1.807, 2.05) is 0 Å². The van der Waals surface area contributed by atoms with Gasteiger partial charge in [0.15, 0.2) is 0 Å². The van der Waals surface area contributed by atoms with E-state index >= 15 is 0 Å². The topological polar surface area (TPSA) is 98.0 Å². The van der Waals surface area contributed by atoms with Gasteiger partial charge in [-0.3, -0.25) is 4.79 Å². The number of halogens is 1. The van der Waals surface area contributed by atoms with Crippen molar-refractivity contribution in [2.75, 3.05) is 5.75 Å². The van der Waals surface area contributed by atoms with Crippen molar-refractivity contribution >= 4 is 23.5 Å². The molecule has 0 amide bonds. The first-order valence-corrected chi connectivity index (χ1v) is 8.52. The minimum atomic E-state index is -1.02. The van der Waals surface area contributed by atoms with E-state index in [0.717, 1.165) is 5.56 Å². The molecule has 132 valence electrons. The molecule has 0 fully saturated rings. The Morgan fingerprint density at radius 2 is 1.77 bits per heavy atom. The Bertz CT molecular complexity index is 926. The zero-order chi connectivity index (χ0) is 18.5. The number of carbonyl (C=O) groups excluding carboxylic acids is 1. The lowest BCUT2D eigenvalue weighted by atomic mass is 10.1. The van der Waals surface area contributed by atoms with Crippen LogP contribution in [-0.2, 0) is 11.2 Å². The van der Waals surface area contributed by atoms with Crippen molar-refractivity contribution in [2.24, 2.45) is 0 Å². The summed E-state index contributed by atoms with van der Waals surface area (Å²) >= 11 is 1.18. The van der Waals surface area contributed by atoms with E-state index < -0.39 is 5.97 Å². The monoisotopic (exact) mass is 372 g/mol. The highest BCUT2D eigenvalue weighted by Crippen LogP contribution is 2.19. The Balaban J connectivity index is 1.64. The number of carboxylic acid groups (broad SMARTS) is 1. The maximum absolute atomic E-state index is 12.9. The van der Waals surface area contributed by atoms with Gasteiger partial charge in [0, 0.05) is 6.42 Å². The van der Waals surface area contributed by atoms with Crippen molar-refractivity contribution in [1.29, 1.82) is 0 Å². The number of Topliss-reactive ketones (excluding diaryl/α,β-unsaturated/α-hetero) is 1. The molecule has 0 aliphatic rings. The second-order valence-electron chi connectivity index (χ2n) is 5.36. The highest BCUT2D eigenvalue weighted by Gasteiger charge is 2.13. The van der Waals surface area contributed by atoms with Crippen LogP contribution in [0.2, 0.25) is 0 Å². The fourth-order valence-electron chi connectivity index (χ4n) is 2.20. The quantitative estimate of drug-likeness (QED) is 0.636. The van der Waals surface area contributed by atoms with Gasteiger partial charge in [-0.15, -0.1) is 5.10 Å². The number of thioether (sulfide) groups is 1. The first kappa shape index (κ1) is 17.7. The highest BCUT2D eigenvalue weighted by atomic mass is 32.2. The molecule has 26 heavy (non-hydrogen) atoms. The van der Waals surface area contributed by atoms with Gasteiger partial charge in [0.25, 0.3) is 0 Å². The SMILES string of the molecule is O=C(CSc1nnnn1-c1ccc(C(=O)O)cc1)Cc1ccc(F)cc1. The average Bonchev–Trinajstić information content (AvgIpc) is 3.10. The van der Waals surface area contributed by atoms with Gasteiger partial charge < -0.3 is 5.11 Å². The van der Waals surface area contributed by atoms with Crippen LogP contribution in [0.25, 0.3) is 5.69 Å². The Morgan fingerprint density at radius 3 is 2.42 bits per heavy atom. The van der Waals surface area contributed by atoms with Crippen molar-refractivity contribution < 1.29 is 19.1 Å². The smallest absolute Gasteiger partial charge is 0.335 e. The molecule has 2 aromatic carbocycles. The van der Waals surface area contributed by atoms with Gasteiger partial charge in [-0.2, -0.15) is 4.68 Å². The molecule has 0 saturated carbocycles. The summed E-state index contributed by atoms with van der Waals surface area (Å²) in [6, 6.07) is 11.9. The molecule has 3 rings (SSSR count). The predicted octanol–water partition coefficient (Wildman–Crippen LogP) is 2.40. The van der Waals surface area contributed by atoms with E-state index in [1.54, 1.807) is 24.3 Å². The molecule has 7 nitrogen and oxygen atoms in total. The fraction of sp³-hybridized carbons (Fsp3) is 0.118. The molecule has 3 aromatic rings. The number of aromatic carboxylic acids is 1. The molecule has 1 aromatic heterocycles. The Hall–Kier alpha value is -3.07. The van der Waals surface area contributed by atoms with Crippen LogP contribution in [0.1, 0.15) is 15.9 Å². The van der Waals surface area contributed by atoms with Gasteiger partial charge in [-0.05, 0) is 52.4 Å². The summed E-state index contributed by atoms with van der Waals surface area (Å²) in [5, 5.41) is 20.7.